The van der Waals surface area contributed by atoms with Crippen LogP contribution in [0.1, 0.15) is 5.56 Å². The molecule has 7 heteroatoms. The highest BCUT2D eigenvalue weighted by molar-refractivity contribution is 6.17. The van der Waals surface area contributed by atoms with E-state index in [9.17, 15) is 4.39 Å². The van der Waals surface area contributed by atoms with Crippen molar-refractivity contribution >= 4 is 11.6 Å². The maximum absolute atomic E-state index is 12.9. The molecule has 2 heterocycles. The SMILES string of the molecule is Cn1cnc(Oc2ncc(F)cc2CCl)n1. The van der Waals surface area contributed by atoms with Crippen LogP contribution in [0.2, 0.25) is 0 Å². The molecule has 2 aromatic rings. The molecule has 0 spiro atoms. The Morgan fingerprint density at radius 3 is 2.94 bits per heavy atom. The van der Waals surface area contributed by atoms with Crippen molar-refractivity contribution in [3.63, 3.8) is 0 Å². The van der Waals surface area contributed by atoms with Crippen LogP contribution in [0, 0.1) is 5.82 Å². The number of halogens is 2. The van der Waals surface area contributed by atoms with E-state index >= 15 is 0 Å². The van der Waals surface area contributed by atoms with Gasteiger partial charge in [-0.3, -0.25) is 4.68 Å². The fourth-order valence-electron chi connectivity index (χ4n) is 1.11. The lowest BCUT2D eigenvalue weighted by atomic mass is 10.3. The number of aromatic nitrogens is 4. The standard InChI is InChI=1S/C9H8ClFN4O/c1-15-5-13-9(14-15)16-8-6(3-10)2-7(11)4-12-8/h2,4-5H,3H2,1H3. The smallest absolute Gasteiger partial charge is 0.342 e. The Kier molecular flexibility index (Phi) is 3.00. The van der Waals surface area contributed by atoms with Crippen LogP contribution in [0.4, 0.5) is 4.39 Å². The molecule has 0 aromatic carbocycles. The van der Waals surface area contributed by atoms with Crippen molar-refractivity contribution in [1.82, 2.24) is 19.7 Å². The number of alkyl halides is 1. The lowest BCUT2D eigenvalue weighted by Crippen LogP contribution is -1.96. The van der Waals surface area contributed by atoms with Crippen LogP contribution in [0.5, 0.6) is 11.9 Å². The zero-order chi connectivity index (χ0) is 11.5. The highest BCUT2D eigenvalue weighted by atomic mass is 35.5. The van der Waals surface area contributed by atoms with Gasteiger partial charge in [-0.2, -0.15) is 4.98 Å². The summed E-state index contributed by atoms with van der Waals surface area (Å²) < 4.78 is 19.6. The summed E-state index contributed by atoms with van der Waals surface area (Å²) in [7, 11) is 1.71. The molecule has 0 aliphatic carbocycles. The minimum Gasteiger partial charge on any atom is -0.404 e. The minimum atomic E-state index is -0.461. The summed E-state index contributed by atoms with van der Waals surface area (Å²) in [4.78, 5) is 7.64. The molecule has 0 aliphatic heterocycles. The Morgan fingerprint density at radius 2 is 2.31 bits per heavy atom. The van der Waals surface area contributed by atoms with E-state index in [0.717, 1.165) is 6.20 Å². The molecule has 5 nitrogen and oxygen atoms in total. The zero-order valence-corrected chi connectivity index (χ0v) is 9.15. The van der Waals surface area contributed by atoms with Gasteiger partial charge in [0.1, 0.15) is 12.1 Å². The summed E-state index contributed by atoms with van der Waals surface area (Å²) in [5.41, 5.74) is 0.453. The van der Waals surface area contributed by atoms with Gasteiger partial charge in [0.05, 0.1) is 12.1 Å². The lowest BCUT2D eigenvalue weighted by molar-refractivity contribution is 0.416. The fraction of sp³-hybridized carbons (Fsp3) is 0.222. The molecule has 0 atom stereocenters. The minimum absolute atomic E-state index is 0.104. The second-order valence-corrected chi connectivity index (χ2v) is 3.32. The summed E-state index contributed by atoms with van der Waals surface area (Å²) in [6.07, 6.45) is 2.54. The third kappa shape index (κ3) is 2.27. The van der Waals surface area contributed by atoms with E-state index in [1.54, 1.807) is 7.05 Å². The molecule has 84 valence electrons. The molecular formula is C9H8ClFN4O. The van der Waals surface area contributed by atoms with Crippen LogP contribution >= 0.6 is 11.6 Å². The average Bonchev–Trinajstić information content (AvgIpc) is 2.67. The van der Waals surface area contributed by atoms with Crippen molar-refractivity contribution in [2.45, 2.75) is 5.88 Å². The first-order valence-electron chi connectivity index (χ1n) is 4.43. The first-order chi connectivity index (χ1) is 7.69. The summed E-state index contributed by atoms with van der Waals surface area (Å²) in [6.45, 7) is 0. The van der Waals surface area contributed by atoms with E-state index < -0.39 is 5.82 Å². The number of hydrogen-bond donors (Lipinski definition) is 0. The van der Waals surface area contributed by atoms with Gasteiger partial charge in [-0.15, -0.1) is 16.7 Å². The van der Waals surface area contributed by atoms with E-state index in [1.165, 1.54) is 17.1 Å². The summed E-state index contributed by atoms with van der Waals surface area (Å²) in [5.74, 6) is -0.146. The van der Waals surface area contributed by atoms with E-state index in [1.807, 2.05) is 0 Å². The average molecular weight is 243 g/mol. The Bertz CT molecular complexity index is 502. The highest BCUT2D eigenvalue weighted by Crippen LogP contribution is 2.22. The molecule has 0 aliphatic rings. The number of ether oxygens (including phenoxy) is 1. The van der Waals surface area contributed by atoms with Crippen molar-refractivity contribution in [3.8, 4) is 11.9 Å². The van der Waals surface area contributed by atoms with Gasteiger partial charge in [-0.25, -0.2) is 9.37 Å². The highest BCUT2D eigenvalue weighted by Gasteiger charge is 2.09. The maximum Gasteiger partial charge on any atom is 0.342 e. The van der Waals surface area contributed by atoms with Gasteiger partial charge < -0.3 is 4.74 Å². The third-order valence-electron chi connectivity index (χ3n) is 1.80. The molecule has 0 amide bonds. The topological polar surface area (TPSA) is 52.8 Å². The fourth-order valence-corrected chi connectivity index (χ4v) is 1.30. The van der Waals surface area contributed by atoms with Crippen LogP contribution in [0.15, 0.2) is 18.6 Å². The summed E-state index contributed by atoms with van der Waals surface area (Å²) >= 11 is 5.64. The predicted octanol–water partition coefficient (Wildman–Crippen LogP) is 1.88. The molecule has 0 unspecified atom stereocenters. The molecule has 0 fully saturated rings. The van der Waals surface area contributed by atoms with Gasteiger partial charge >= 0.3 is 6.01 Å². The number of nitrogens with zero attached hydrogens (tertiary/aromatic N) is 4. The Labute approximate surface area is 95.8 Å². The van der Waals surface area contributed by atoms with Gasteiger partial charge in [0.2, 0.25) is 5.88 Å². The lowest BCUT2D eigenvalue weighted by Gasteiger charge is -2.04. The van der Waals surface area contributed by atoms with Gasteiger partial charge in [0.25, 0.3) is 0 Å². The third-order valence-corrected chi connectivity index (χ3v) is 2.09. The molecule has 0 saturated carbocycles. The summed E-state index contributed by atoms with van der Waals surface area (Å²) in [5, 5.41) is 3.91. The van der Waals surface area contributed by atoms with Crippen molar-refractivity contribution in [3.05, 3.63) is 30.0 Å². The van der Waals surface area contributed by atoms with Crippen LogP contribution in [-0.4, -0.2) is 19.7 Å². The molecule has 0 N–H and O–H groups in total. The van der Waals surface area contributed by atoms with Crippen molar-refractivity contribution in [2.75, 3.05) is 0 Å². The Balaban J connectivity index is 2.27. The molecule has 16 heavy (non-hydrogen) atoms. The van der Waals surface area contributed by atoms with Gasteiger partial charge in [-0.1, -0.05) is 0 Å². The Morgan fingerprint density at radius 1 is 1.50 bits per heavy atom. The Hall–Kier alpha value is -1.69. The van der Waals surface area contributed by atoms with E-state index in [0.29, 0.717) is 5.56 Å². The quantitative estimate of drug-likeness (QED) is 0.771. The zero-order valence-electron chi connectivity index (χ0n) is 8.39. The van der Waals surface area contributed by atoms with Crippen LogP contribution in [0.25, 0.3) is 0 Å². The van der Waals surface area contributed by atoms with E-state index in [-0.39, 0.29) is 17.8 Å². The van der Waals surface area contributed by atoms with Crippen molar-refractivity contribution in [1.29, 1.82) is 0 Å². The molecule has 0 radical (unpaired) electrons. The largest absolute Gasteiger partial charge is 0.404 e. The predicted molar refractivity (Wildman–Crippen MR) is 54.8 cm³/mol. The number of aryl methyl sites for hydroxylation is 1. The van der Waals surface area contributed by atoms with Crippen molar-refractivity contribution < 1.29 is 9.13 Å². The molecule has 0 bridgehead atoms. The van der Waals surface area contributed by atoms with E-state index in [4.69, 9.17) is 16.3 Å². The second kappa shape index (κ2) is 4.44. The number of hydrogen-bond acceptors (Lipinski definition) is 4. The van der Waals surface area contributed by atoms with Gasteiger partial charge in [-0.05, 0) is 6.07 Å². The van der Waals surface area contributed by atoms with E-state index in [2.05, 4.69) is 15.1 Å². The number of pyridine rings is 1. The molecule has 0 saturated heterocycles. The van der Waals surface area contributed by atoms with Crippen LogP contribution in [-0.2, 0) is 12.9 Å². The first-order valence-corrected chi connectivity index (χ1v) is 4.96. The van der Waals surface area contributed by atoms with Gasteiger partial charge in [0.15, 0.2) is 0 Å². The second-order valence-electron chi connectivity index (χ2n) is 3.05. The molecule has 2 rings (SSSR count). The van der Waals surface area contributed by atoms with Crippen LogP contribution in [0.3, 0.4) is 0 Å². The molecule has 2 aromatic heterocycles. The normalized spacial score (nSPS) is 10.4. The number of rotatable bonds is 3. The first kappa shape index (κ1) is 10.8. The van der Waals surface area contributed by atoms with Crippen LogP contribution < -0.4 is 4.74 Å². The van der Waals surface area contributed by atoms with Crippen molar-refractivity contribution in [2.24, 2.45) is 7.05 Å². The van der Waals surface area contributed by atoms with Gasteiger partial charge in [0, 0.05) is 12.6 Å². The monoisotopic (exact) mass is 242 g/mol. The summed E-state index contributed by atoms with van der Waals surface area (Å²) in [6, 6.07) is 1.41. The maximum atomic E-state index is 12.9. The molecular weight excluding hydrogens is 235 g/mol.